The van der Waals surface area contributed by atoms with Crippen molar-refractivity contribution < 1.29 is 17.9 Å². The molecule has 3 rings (SSSR count). The highest BCUT2D eigenvalue weighted by atomic mass is 35.5. The highest BCUT2D eigenvalue weighted by Crippen LogP contribution is 2.35. The molecule has 7 heteroatoms. The first-order valence-electron chi connectivity index (χ1n) is 7.93. The van der Waals surface area contributed by atoms with Crippen LogP contribution in [0.1, 0.15) is 19.4 Å². The minimum absolute atomic E-state index is 0.190. The molecule has 0 aliphatic carbocycles. The van der Waals surface area contributed by atoms with Gasteiger partial charge in [-0.3, -0.25) is 0 Å². The highest BCUT2D eigenvalue weighted by molar-refractivity contribution is 7.89. The van der Waals surface area contributed by atoms with Gasteiger partial charge in [0, 0.05) is 17.0 Å². The summed E-state index contributed by atoms with van der Waals surface area (Å²) in [6.45, 7) is 5.25. The van der Waals surface area contributed by atoms with Crippen molar-refractivity contribution >= 4 is 21.6 Å². The van der Waals surface area contributed by atoms with Crippen LogP contribution in [0.4, 0.5) is 0 Å². The SMILES string of the molecule is CC(C)(CNS(=O)(=O)c1ccc(Cl)cc1)c1ccc2c(c1)OCCO2. The summed E-state index contributed by atoms with van der Waals surface area (Å²) in [6.07, 6.45) is 0. The number of halogens is 1. The number of nitrogens with one attached hydrogen (secondary N) is 1. The van der Waals surface area contributed by atoms with Crippen molar-refractivity contribution in [3.05, 3.63) is 53.1 Å². The first-order chi connectivity index (χ1) is 11.8. The summed E-state index contributed by atoms with van der Waals surface area (Å²) in [6, 6.07) is 11.8. The van der Waals surface area contributed by atoms with Gasteiger partial charge in [0.2, 0.25) is 10.0 Å². The smallest absolute Gasteiger partial charge is 0.240 e. The second-order valence-corrected chi connectivity index (χ2v) is 8.72. The van der Waals surface area contributed by atoms with Crippen LogP contribution in [-0.4, -0.2) is 28.2 Å². The Hall–Kier alpha value is -1.76. The molecule has 0 atom stereocenters. The largest absolute Gasteiger partial charge is 0.486 e. The number of fused-ring (bicyclic) bond motifs is 1. The standard InChI is InChI=1S/C18H20ClNO4S/c1-18(2,13-3-8-16-17(11-13)24-10-9-23-16)12-20-25(21,22)15-6-4-14(19)5-7-15/h3-8,11,20H,9-10,12H2,1-2H3. The molecule has 1 aliphatic rings. The highest BCUT2D eigenvalue weighted by Gasteiger charge is 2.26. The van der Waals surface area contributed by atoms with Gasteiger partial charge in [0.05, 0.1) is 4.90 Å². The molecule has 1 N–H and O–H groups in total. The molecule has 2 aromatic carbocycles. The zero-order valence-corrected chi connectivity index (χ0v) is 15.7. The fourth-order valence-electron chi connectivity index (χ4n) is 2.54. The Bertz CT molecular complexity index is 863. The minimum Gasteiger partial charge on any atom is -0.486 e. The van der Waals surface area contributed by atoms with Crippen LogP contribution in [0.5, 0.6) is 11.5 Å². The van der Waals surface area contributed by atoms with E-state index < -0.39 is 15.4 Å². The van der Waals surface area contributed by atoms with Gasteiger partial charge in [-0.05, 0) is 42.0 Å². The maximum Gasteiger partial charge on any atom is 0.240 e. The molecule has 0 bridgehead atoms. The Morgan fingerprint density at radius 1 is 1.04 bits per heavy atom. The summed E-state index contributed by atoms with van der Waals surface area (Å²) in [5, 5.41) is 0.496. The Morgan fingerprint density at radius 2 is 1.68 bits per heavy atom. The predicted molar refractivity (Wildman–Crippen MR) is 97.1 cm³/mol. The fourth-order valence-corrected chi connectivity index (χ4v) is 3.88. The summed E-state index contributed by atoms with van der Waals surface area (Å²) in [5.74, 6) is 1.41. The summed E-state index contributed by atoms with van der Waals surface area (Å²) < 4.78 is 38.7. The van der Waals surface area contributed by atoms with E-state index in [0.29, 0.717) is 29.7 Å². The van der Waals surface area contributed by atoms with E-state index in [1.807, 2.05) is 32.0 Å². The van der Waals surface area contributed by atoms with Crippen LogP contribution in [0.25, 0.3) is 0 Å². The summed E-state index contributed by atoms with van der Waals surface area (Å²) >= 11 is 5.81. The maximum atomic E-state index is 12.5. The molecule has 0 spiro atoms. The average Bonchev–Trinajstić information content (AvgIpc) is 2.60. The number of rotatable bonds is 5. The monoisotopic (exact) mass is 381 g/mol. The molecular weight excluding hydrogens is 362 g/mol. The van der Waals surface area contributed by atoms with Crippen LogP contribution in [0, 0.1) is 0 Å². The van der Waals surface area contributed by atoms with Gasteiger partial charge in [-0.2, -0.15) is 0 Å². The lowest BCUT2D eigenvalue weighted by atomic mass is 9.84. The number of ether oxygens (including phenoxy) is 2. The van der Waals surface area contributed by atoms with E-state index in [9.17, 15) is 8.42 Å². The van der Waals surface area contributed by atoms with E-state index in [-0.39, 0.29) is 11.4 Å². The van der Waals surface area contributed by atoms with Gasteiger partial charge in [-0.15, -0.1) is 0 Å². The normalized spacial score (nSPS) is 14.4. The van der Waals surface area contributed by atoms with Gasteiger partial charge in [0.15, 0.2) is 11.5 Å². The fraction of sp³-hybridized carbons (Fsp3) is 0.333. The molecule has 0 aromatic heterocycles. The Kier molecular flexibility index (Phi) is 4.95. The molecule has 1 heterocycles. The van der Waals surface area contributed by atoms with E-state index in [2.05, 4.69) is 4.72 Å². The zero-order chi connectivity index (χ0) is 18.1. The van der Waals surface area contributed by atoms with E-state index in [4.69, 9.17) is 21.1 Å². The molecule has 5 nitrogen and oxygen atoms in total. The van der Waals surface area contributed by atoms with Crippen LogP contribution in [-0.2, 0) is 15.4 Å². The Labute approximate surface area is 153 Å². The van der Waals surface area contributed by atoms with Crippen molar-refractivity contribution in [2.75, 3.05) is 19.8 Å². The van der Waals surface area contributed by atoms with Crippen molar-refractivity contribution in [1.29, 1.82) is 0 Å². The molecule has 0 saturated carbocycles. The first-order valence-corrected chi connectivity index (χ1v) is 9.79. The van der Waals surface area contributed by atoms with Crippen LogP contribution in [0.15, 0.2) is 47.4 Å². The Balaban J connectivity index is 1.76. The minimum atomic E-state index is -3.60. The van der Waals surface area contributed by atoms with Crippen molar-refractivity contribution in [1.82, 2.24) is 4.72 Å². The van der Waals surface area contributed by atoms with E-state index in [0.717, 1.165) is 5.56 Å². The lowest BCUT2D eigenvalue weighted by molar-refractivity contribution is 0.171. The summed E-state index contributed by atoms with van der Waals surface area (Å²) in [5.41, 5.74) is 0.547. The van der Waals surface area contributed by atoms with Crippen molar-refractivity contribution in [3.63, 3.8) is 0 Å². The number of sulfonamides is 1. The molecule has 0 amide bonds. The van der Waals surface area contributed by atoms with Crippen LogP contribution in [0.2, 0.25) is 5.02 Å². The quantitative estimate of drug-likeness (QED) is 0.862. The average molecular weight is 382 g/mol. The van der Waals surface area contributed by atoms with Gasteiger partial charge < -0.3 is 9.47 Å². The van der Waals surface area contributed by atoms with Crippen LogP contribution < -0.4 is 14.2 Å². The molecule has 25 heavy (non-hydrogen) atoms. The number of benzene rings is 2. The van der Waals surface area contributed by atoms with Gasteiger partial charge in [0.1, 0.15) is 13.2 Å². The lowest BCUT2D eigenvalue weighted by Crippen LogP contribution is -2.36. The van der Waals surface area contributed by atoms with E-state index >= 15 is 0 Å². The van der Waals surface area contributed by atoms with Crippen molar-refractivity contribution in [2.45, 2.75) is 24.2 Å². The molecule has 2 aromatic rings. The Morgan fingerprint density at radius 3 is 2.36 bits per heavy atom. The third-order valence-corrected chi connectivity index (χ3v) is 5.82. The summed E-state index contributed by atoms with van der Waals surface area (Å²) in [4.78, 5) is 0.190. The van der Waals surface area contributed by atoms with E-state index in [1.54, 1.807) is 12.1 Å². The van der Waals surface area contributed by atoms with Crippen LogP contribution >= 0.6 is 11.6 Å². The maximum absolute atomic E-state index is 12.5. The number of hydrogen-bond donors (Lipinski definition) is 1. The molecular formula is C18H20ClNO4S. The third-order valence-electron chi connectivity index (χ3n) is 4.15. The predicted octanol–water partition coefficient (Wildman–Crippen LogP) is 3.37. The second-order valence-electron chi connectivity index (χ2n) is 6.52. The third kappa shape index (κ3) is 4.08. The second kappa shape index (κ2) is 6.86. The molecule has 0 radical (unpaired) electrons. The number of hydrogen-bond acceptors (Lipinski definition) is 4. The van der Waals surface area contributed by atoms with Gasteiger partial charge in [0.25, 0.3) is 0 Å². The molecule has 0 saturated heterocycles. The molecule has 0 unspecified atom stereocenters. The first kappa shape index (κ1) is 18.0. The van der Waals surface area contributed by atoms with E-state index in [1.165, 1.54) is 12.1 Å². The lowest BCUT2D eigenvalue weighted by Gasteiger charge is -2.27. The van der Waals surface area contributed by atoms with Gasteiger partial charge in [-0.1, -0.05) is 31.5 Å². The molecule has 1 aliphatic heterocycles. The van der Waals surface area contributed by atoms with Crippen molar-refractivity contribution in [3.8, 4) is 11.5 Å². The summed E-state index contributed by atoms with van der Waals surface area (Å²) in [7, 11) is -3.60. The molecule has 0 fully saturated rings. The van der Waals surface area contributed by atoms with Gasteiger partial charge in [-0.25, -0.2) is 13.1 Å². The van der Waals surface area contributed by atoms with Gasteiger partial charge >= 0.3 is 0 Å². The van der Waals surface area contributed by atoms with Crippen molar-refractivity contribution in [2.24, 2.45) is 0 Å². The molecule has 134 valence electrons. The topological polar surface area (TPSA) is 64.6 Å². The van der Waals surface area contributed by atoms with Crippen LogP contribution in [0.3, 0.4) is 0 Å². The zero-order valence-electron chi connectivity index (χ0n) is 14.1.